The zero-order chi connectivity index (χ0) is 11.8. The standard InChI is InChI=1S/C14H10O2S/c1-9-6-7-12(16-9)14(15)11-8-17-13-5-3-2-4-10(11)13/h2-8H,1H3. The number of carbonyl (C=O) groups is 1. The number of hydrogen-bond donors (Lipinski definition) is 0. The van der Waals surface area contributed by atoms with Gasteiger partial charge in [0.05, 0.1) is 0 Å². The van der Waals surface area contributed by atoms with Crippen molar-refractivity contribution in [2.24, 2.45) is 0 Å². The molecule has 0 saturated heterocycles. The molecule has 84 valence electrons. The van der Waals surface area contributed by atoms with E-state index in [0.29, 0.717) is 5.76 Å². The number of carbonyl (C=O) groups excluding carboxylic acids is 1. The van der Waals surface area contributed by atoms with Crippen molar-refractivity contribution in [3.05, 3.63) is 58.9 Å². The summed E-state index contributed by atoms with van der Waals surface area (Å²) in [4.78, 5) is 12.2. The summed E-state index contributed by atoms with van der Waals surface area (Å²) in [6, 6.07) is 11.4. The molecule has 0 aliphatic carbocycles. The lowest BCUT2D eigenvalue weighted by Gasteiger charge is -1.95. The maximum Gasteiger partial charge on any atom is 0.229 e. The van der Waals surface area contributed by atoms with Crippen LogP contribution in [0.15, 0.2) is 46.2 Å². The molecule has 0 bridgehead atoms. The number of rotatable bonds is 2. The van der Waals surface area contributed by atoms with Gasteiger partial charge >= 0.3 is 0 Å². The lowest BCUT2D eigenvalue weighted by Crippen LogP contribution is -1.97. The highest BCUT2D eigenvalue weighted by Gasteiger charge is 2.16. The zero-order valence-corrected chi connectivity index (χ0v) is 10.1. The second-order valence-electron chi connectivity index (χ2n) is 3.88. The smallest absolute Gasteiger partial charge is 0.229 e. The molecule has 0 aliphatic rings. The van der Waals surface area contributed by atoms with Gasteiger partial charge in [0.25, 0.3) is 0 Å². The van der Waals surface area contributed by atoms with Crippen LogP contribution in [0.3, 0.4) is 0 Å². The van der Waals surface area contributed by atoms with Gasteiger partial charge in [-0.3, -0.25) is 4.79 Å². The Morgan fingerprint density at radius 3 is 2.76 bits per heavy atom. The van der Waals surface area contributed by atoms with Crippen molar-refractivity contribution in [1.29, 1.82) is 0 Å². The first-order valence-electron chi connectivity index (χ1n) is 5.33. The number of hydrogen-bond acceptors (Lipinski definition) is 3. The van der Waals surface area contributed by atoms with Crippen LogP contribution in [0.4, 0.5) is 0 Å². The minimum Gasteiger partial charge on any atom is -0.458 e. The fourth-order valence-electron chi connectivity index (χ4n) is 1.84. The summed E-state index contributed by atoms with van der Waals surface area (Å²) < 4.78 is 6.50. The maximum absolute atomic E-state index is 12.2. The molecule has 2 nitrogen and oxygen atoms in total. The number of aryl methyl sites for hydroxylation is 1. The molecule has 0 radical (unpaired) electrons. The average molecular weight is 242 g/mol. The van der Waals surface area contributed by atoms with Crippen LogP contribution >= 0.6 is 11.3 Å². The zero-order valence-electron chi connectivity index (χ0n) is 9.27. The quantitative estimate of drug-likeness (QED) is 0.635. The number of ketones is 1. The second kappa shape index (κ2) is 3.86. The highest BCUT2D eigenvalue weighted by molar-refractivity contribution is 7.17. The van der Waals surface area contributed by atoms with Gasteiger partial charge in [-0.05, 0) is 25.1 Å². The van der Waals surface area contributed by atoms with E-state index in [2.05, 4.69) is 0 Å². The summed E-state index contributed by atoms with van der Waals surface area (Å²) in [5.41, 5.74) is 0.722. The molecule has 1 aromatic carbocycles. The second-order valence-corrected chi connectivity index (χ2v) is 4.80. The van der Waals surface area contributed by atoms with E-state index >= 15 is 0 Å². The summed E-state index contributed by atoms with van der Waals surface area (Å²) in [6.45, 7) is 1.84. The van der Waals surface area contributed by atoms with Crippen LogP contribution < -0.4 is 0 Å². The summed E-state index contributed by atoms with van der Waals surface area (Å²) in [5.74, 6) is 1.12. The molecule has 0 aliphatic heterocycles. The molecular formula is C14H10O2S. The van der Waals surface area contributed by atoms with Gasteiger partial charge in [-0.2, -0.15) is 0 Å². The summed E-state index contributed by atoms with van der Waals surface area (Å²) >= 11 is 1.58. The van der Waals surface area contributed by atoms with Crippen molar-refractivity contribution in [3.8, 4) is 0 Å². The normalized spacial score (nSPS) is 10.9. The van der Waals surface area contributed by atoms with Crippen LogP contribution in [0.25, 0.3) is 10.1 Å². The number of fused-ring (bicyclic) bond motifs is 1. The highest BCUT2D eigenvalue weighted by Crippen LogP contribution is 2.27. The van der Waals surface area contributed by atoms with E-state index in [-0.39, 0.29) is 5.78 Å². The van der Waals surface area contributed by atoms with E-state index < -0.39 is 0 Å². The fourth-order valence-corrected chi connectivity index (χ4v) is 2.78. The molecule has 0 unspecified atom stereocenters. The Kier molecular flexibility index (Phi) is 2.34. The predicted molar refractivity (Wildman–Crippen MR) is 68.7 cm³/mol. The van der Waals surface area contributed by atoms with Gasteiger partial charge in [0.15, 0.2) is 5.76 Å². The number of furan rings is 1. The molecule has 3 aromatic rings. The van der Waals surface area contributed by atoms with Crippen LogP contribution in [0, 0.1) is 6.92 Å². The maximum atomic E-state index is 12.2. The van der Waals surface area contributed by atoms with Gasteiger partial charge < -0.3 is 4.42 Å². The molecular weight excluding hydrogens is 232 g/mol. The van der Waals surface area contributed by atoms with Crippen molar-refractivity contribution >= 4 is 27.2 Å². The topological polar surface area (TPSA) is 30.2 Å². The molecule has 0 amide bonds. The minimum atomic E-state index is -0.0458. The first kappa shape index (κ1) is 10.3. The third-order valence-electron chi connectivity index (χ3n) is 2.69. The van der Waals surface area contributed by atoms with Gasteiger partial charge in [0, 0.05) is 21.0 Å². The highest BCUT2D eigenvalue weighted by atomic mass is 32.1. The Balaban J connectivity index is 2.13. The van der Waals surface area contributed by atoms with Crippen molar-refractivity contribution in [1.82, 2.24) is 0 Å². The van der Waals surface area contributed by atoms with Gasteiger partial charge in [-0.15, -0.1) is 11.3 Å². The Labute approximate surface area is 102 Å². The Morgan fingerprint density at radius 2 is 2.00 bits per heavy atom. The van der Waals surface area contributed by atoms with Crippen LogP contribution in [0.1, 0.15) is 21.9 Å². The molecule has 0 fully saturated rings. The number of thiophene rings is 1. The summed E-state index contributed by atoms with van der Waals surface area (Å²) in [6.07, 6.45) is 0. The van der Waals surface area contributed by atoms with Crippen molar-refractivity contribution in [3.63, 3.8) is 0 Å². The molecule has 0 saturated carbocycles. The van der Waals surface area contributed by atoms with Crippen LogP contribution in [-0.2, 0) is 0 Å². The van der Waals surface area contributed by atoms with E-state index in [1.54, 1.807) is 17.4 Å². The predicted octanol–water partition coefficient (Wildman–Crippen LogP) is 4.03. The third kappa shape index (κ3) is 1.68. The molecule has 0 atom stereocenters. The van der Waals surface area contributed by atoms with Crippen molar-refractivity contribution < 1.29 is 9.21 Å². The lowest BCUT2D eigenvalue weighted by molar-refractivity contribution is 0.101. The first-order chi connectivity index (χ1) is 8.25. The molecule has 3 heteroatoms. The van der Waals surface area contributed by atoms with E-state index in [9.17, 15) is 4.79 Å². The molecule has 3 rings (SSSR count). The summed E-state index contributed by atoms with van der Waals surface area (Å²) in [5, 5.41) is 2.89. The van der Waals surface area contributed by atoms with Crippen LogP contribution in [-0.4, -0.2) is 5.78 Å². The third-order valence-corrected chi connectivity index (χ3v) is 3.65. The van der Waals surface area contributed by atoms with Gasteiger partial charge in [-0.1, -0.05) is 18.2 Å². The Bertz CT molecular complexity index is 691. The Morgan fingerprint density at radius 1 is 1.18 bits per heavy atom. The van der Waals surface area contributed by atoms with Crippen molar-refractivity contribution in [2.75, 3.05) is 0 Å². The molecule has 17 heavy (non-hydrogen) atoms. The van der Waals surface area contributed by atoms with E-state index in [1.807, 2.05) is 42.6 Å². The van der Waals surface area contributed by atoms with Gasteiger partial charge in [0.1, 0.15) is 5.76 Å². The average Bonchev–Trinajstić information content (AvgIpc) is 2.94. The largest absolute Gasteiger partial charge is 0.458 e. The molecule has 2 aromatic heterocycles. The summed E-state index contributed by atoms with van der Waals surface area (Å²) in [7, 11) is 0. The van der Waals surface area contributed by atoms with Crippen LogP contribution in [0.5, 0.6) is 0 Å². The van der Waals surface area contributed by atoms with E-state index in [4.69, 9.17) is 4.42 Å². The van der Waals surface area contributed by atoms with E-state index in [1.165, 1.54) is 0 Å². The SMILES string of the molecule is Cc1ccc(C(=O)c2csc3ccccc23)o1. The van der Waals surface area contributed by atoms with Gasteiger partial charge in [-0.25, -0.2) is 0 Å². The minimum absolute atomic E-state index is 0.0458. The van der Waals surface area contributed by atoms with Gasteiger partial charge in [0.2, 0.25) is 5.78 Å². The monoisotopic (exact) mass is 242 g/mol. The Hall–Kier alpha value is -1.87. The van der Waals surface area contributed by atoms with Crippen LogP contribution in [0.2, 0.25) is 0 Å². The molecule has 0 N–H and O–H groups in total. The lowest BCUT2D eigenvalue weighted by atomic mass is 10.1. The first-order valence-corrected chi connectivity index (χ1v) is 6.21. The van der Waals surface area contributed by atoms with E-state index in [0.717, 1.165) is 21.4 Å². The number of benzene rings is 1. The fraction of sp³-hybridized carbons (Fsp3) is 0.0714. The molecule has 2 heterocycles. The molecule has 0 spiro atoms. The van der Waals surface area contributed by atoms with Crippen molar-refractivity contribution in [2.45, 2.75) is 6.92 Å².